The molecule has 5 atom stereocenters. The highest BCUT2D eigenvalue weighted by Crippen LogP contribution is 2.48. The summed E-state index contributed by atoms with van der Waals surface area (Å²) in [7, 11) is 1.65. The molecular formula is C28H40O5. The Labute approximate surface area is 199 Å². The Morgan fingerprint density at radius 2 is 2.00 bits per heavy atom. The summed E-state index contributed by atoms with van der Waals surface area (Å²) in [6.45, 7) is 7.08. The van der Waals surface area contributed by atoms with Crippen molar-refractivity contribution in [3.63, 3.8) is 0 Å². The summed E-state index contributed by atoms with van der Waals surface area (Å²) in [4.78, 5) is 0. The van der Waals surface area contributed by atoms with Gasteiger partial charge in [0.15, 0.2) is 5.79 Å². The van der Waals surface area contributed by atoms with Gasteiger partial charge in [-0.3, -0.25) is 0 Å². The molecule has 1 heterocycles. The van der Waals surface area contributed by atoms with Crippen LogP contribution in [0.3, 0.4) is 0 Å². The standard InChI is InChI=1S/C28H40O5/c1-5-6-7-8-9-10-11-12-13-25(31-19-21-14-16-22(30-4)17-15-21)27(29)24-18-23(24)26-20-32-28(2,3)33-26/h12-17,23-27,29H,5-8,11,18-20H2,1-4H3/b13-12+/t23-,24-,25-,26-,27-/m1/s1. The Morgan fingerprint density at radius 3 is 2.67 bits per heavy atom. The van der Waals surface area contributed by atoms with Crippen LogP contribution in [0.15, 0.2) is 36.4 Å². The molecule has 0 amide bonds. The summed E-state index contributed by atoms with van der Waals surface area (Å²) in [5, 5.41) is 11.1. The first kappa shape index (κ1) is 25.8. The first-order chi connectivity index (χ1) is 15.9. The fraction of sp³-hybridized carbons (Fsp3) is 0.643. The predicted molar refractivity (Wildman–Crippen MR) is 130 cm³/mol. The van der Waals surface area contributed by atoms with Gasteiger partial charge in [-0.1, -0.05) is 50.0 Å². The average molecular weight is 457 g/mol. The first-order valence-electron chi connectivity index (χ1n) is 12.3. The third-order valence-corrected chi connectivity index (χ3v) is 6.35. The second kappa shape index (κ2) is 12.6. The molecule has 5 nitrogen and oxygen atoms in total. The van der Waals surface area contributed by atoms with Gasteiger partial charge in [0.2, 0.25) is 0 Å². The summed E-state index contributed by atoms with van der Waals surface area (Å²) in [5.41, 5.74) is 1.04. The molecule has 1 saturated carbocycles. The van der Waals surface area contributed by atoms with Gasteiger partial charge in [-0.25, -0.2) is 0 Å². The first-order valence-corrected chi connectivity index (χ1v) is 12.3. The highest BCUT2D eigenvalue weighted by Gasteiger charge is 2.53. The molecule has 0 bridgehead atoms. The molecule has 1 aliphatic carbocycles. The van der Waals surface area contributed by atoms with Crippen molar-refractivity contribution >= 4 is 0 Å². The van der Waals surface area contributed by atoms with Gasteiger partial charge in [0.05, 0.1) is 32.5 Å². The van der Waals surface area contributed by atoms with E-state index in [0.717, 1.165) is 30.6 Å². The number of hydrogen-bond donors (Lipinski definition) is 1. The van der Waals surface area contributed by atoms with Gasteiger partial charge in [0.25, 0.3) is 0 Å². The molecular weight excluding hydrogens is 416 g/mol. The summed E-state index contributed by atoms with van der Waals surface area (Å²) >= 11 is 0. The smallest absolute Gasteiger partial charge is 0.163 e. The Morgan fingerprint density at radius 1 is 1.21 bits per heavy atom. The van der Waals surface area contributed by atoms with Crippen molar-refractivity contribution in [2.45, 2.75) is 90.0 Å². The minimum absolute atomic E-state index is 0.0415. The van der Waals surface area contributed by atoms with Crippen LogP contribution < -0.4 is 4.74 Å². The van der Waals surface area contributed by atoms with Crippen LogP contribution in [-0.4, -0.2) is 42.9 Å². The molecule has 1 aromatic carbocycles. The van der Waals surface area contributed by atoms with E-state index in [4.69, 9.17) is 18.9 Å². The van der Waals surface area contributed by atoms with Gasteiger partial charge in [0, 0.05) is 12.8 Å². The summed E-state index contributed by atoms with van der Waals surface area (Å²) in [6, 6.07) is 7.81. The molecule has 3 rings (SSSR count). The summed E-state index contributed by atoms with van der Waals surface area (Å²) < 4.78 is 23.1. The Kier molecular flexibility index (Phi) is 9.82. The maximum absolute atomic E-state index is 11.1. The van der Waals surface area contributed by atoms with Crippen molar-refractivity contribution in [3.8, 4) is 17.6 Å². The van der Waals surface area contributed by atoms with E-state index in [2.05, 4.69) is 18.8 Å². The summed E-state index contributed by atoms with van der Waals surface area (Å²) in [5.74, 6) is 7.17. The Bertz CT molecular complexity index is 804. The lowest BCUT2D eigenvalue weighted by Crippen LogP contribution is -2.31. The number of aliphatic hydroxyl groups excluding tert-OH is 1. The third-order valence-electron chi connectivity index (χ3n) is 6.35. The van der Waals surface area contributed by atoms with Crippen LogP contribution in [0.2, 0.25) is 0 Å². The molecule has 2 aliphatic rings. The highest BCUT2D eigenvalue weighted by atomic mass is 16.7. The number of aliphatic hydroxyl groups is 1. The van der Waals surface area contributed by atoms with Crippen molar-refractivity contribution in [2.24, 2.45) is 11.8 Å². The van der Waals surface area contributed by atoms with E-state index in [1.807, 2.05) is 50.3 Å². The molecule has 0 unspecified atom stereocenters. The maximum Gasteiger partial charge on any atom is 0.163 e. The highest BCUT2D eigenvalue weighted by molar-refractivity contribution is 5.26. The molecule has 0 radical (unpaired) electrons. The minimum atomic E-state index is -0.589. The number of methoxy groups -OCH3 is 1. The van der Waals surface area contributed by atoms with Crippen molar-refractivity contribution in [3.05, 3.63) is 42.0 Å². The fourth-order valence-electron chi connectivity index (χ4n) is 4.29. The number of allylic oxidation sites excluding steroid dienone is 1. The van der Waals surface area contributed by atoms with Crippen molar-refractivity contribution in [1.82, 2.24) is 0 Å². The molecule has 1 aliphatic heterocycles. The molecule has 33 heavy (non-hydrogen) atoms. The van der Waals surface area contributed by atoms with Gasteiger partial charge >= 0.3 is 0 Å². The van der Waals surface area contributed by atoms with E-state index in [-0.39, 0.29) is 18.1 Å². The lowest BCUT2D eigenvalue weighted by Gasteiger charge is -2.22. The largest absolute Gasteiger partial charge is 0.497 e. The maximum atomic E-state index is 11.1. The fourth-order valence-corrected chi connectivity index (χ4v) is 4.29. The van der Waals surface area contributed by atoms with Crippen LogP contribution in [0.4, 0.5) is 0 Å². The van der Waals surface area contributed by atoms with Crippen LogP contribution in [-0.2, 0) is 20.8 Å². The Hall–Kier alpha value is -1.84. The zero-order valence-electron chi connectivity index (χ0n) is 20.6. The number of unbranched alkanes of at least 4 members (excludes halogenated alkanes) is 3. The molecule has 2 fully saturated rings. The molecule has 0 spiro atoms. The topological polar surface area (TPSA) is 57.2 Å². The second-order valence-electron chi connectivity index (χ2n) is 9.49. The van der Waals surface area contributed by atoms with E-state index < -0.39 is 11.9 Å². The molecule has 1 N–H and O–H groups in total. The third kappa shape index (κ3) is 8.15. The normalized spacial score (nSPS) is 25.4. The van der Waals surface area contributed by atoms with Crippen LogP contribution >= 0.6 is 0 Å². The monoisotopic (exact) mass is 456 g/mol. The SMILES string of the molecule is CCCCCC#CC/C=C/[C@@H](OCc1ccc(OC)cc1)[C@H](O)[C@@H]1C[C@H]1[C@H]1COC(C)(C)O1. The average Bonchev–Trinajstić information content (AvgIpc) is 3.53. The van der Waals surface area contributed by atoms with Crippen molar-refractivity contribution in [1.29, 1.82) is 0 Å². The molecule has 0 aromatic heterocycles. The van der Waals surface area contributed by atoms with Gasteiger partial charge in [-0.15, -0.1) is 5.92 Å². The lowest BCUT2D eigenvalue weighted by atomic mass is 10.0. The zero-order valence-corrected chi connectivity index (χ0v) is 20.6. The van der Waals surface area contributed by atoms with Gasteiger partial charge < -0.3 is 24.1 Å². The van der Waals surface area contributed by atoms with Crippen molar-refractivity contribution in [2.75, 3.05) is 13.7 Å². The minimum Gasteiger partial charge on any atom is -0.497 e. The van der Waals surface area contributed by atoms with Crippen LogP contribution in [0.25, 0.3) is 0 Å². The lowest BCUT2D eigenvalue weighted by molar-refractivity contribution is -0.141. The predicted octanol–water partition coefficient (Wildman–Crippen LogP) is 5.26. The van der Waals surface area contributed by atoms with E-state index >= 15 is 0 Å². The number of ether oxygens (including phenoxy) is 4. The second-order valence-corrected chi connectivity index (χ2v) is 9.49. The summed E-state index contributed by atoms with van der Waals surface area (Å²) in [6.07, 6.45) is 9.20. The van der Waals surface area contributed by atoms with Crippen molar-refractivity contribution < 1.29 is 24.1 Å². The molecule has 182 valence electrons. The Balaban J connectivity index is 1.56. The van der Waals surface area contributed by atoms with Crippen LogP contribution in [0.5, 0.6) is 5.75 Å². The van der Waals surface area contributed by atoms with Crippen LogP contribution in [0.1, 0.15) is 64.9 Å². The quantitative estimate of drug-likeness (QED) is 0.264. The zero-order chi connectivity index (χ0) is 23.7. The van der Waals surface area contributed by atoms with E-state index in [1.54, 1.807) is 7.11 Å². The number of rotatable bonds is 12. The number of hydrogen-bond acceptors (Lipinski definition) is 5. The van der Waals surface area contributed by atoms with Gasteiger partial charge in [-0.2, -0.15) is 0 Å². The van der Waals surface area contributed by atoms with Gasteiger partial charge in [0.1, 0.15) is 11.9 Å². The number of benzene rings is 1. The van der Waals surface area contributed by atoms with E-state index in [0.29, 0.717) is 25.6 Å². The molecule has 5 heteroatoms. The van der Waals surface area contributed by atoms with Crippen LogP contribution in [0, 0.1) is 23.7 Å². The van der Waals surface area contributed by atoms with E-state index in [9.17, 15) is 5.11 Å². The van der Waals surface area contributed by atoms with E-state index in [1.165, 1.54) is 12.8 Å². The molecule has 1 saturated heterocycles. The molecule has 1 aromatic rings. The van der Waals surface area contributed by atoms with Gasteiger partial charge in [-0.05, 0) is 56.2 Å².